The molecule has 0 aliphatic carbocycles. The summed E-state index contributed by atoms with van der Waals surface area (Å²) in [7, 11) is 0. The molecule has 0 fully saturated rings. The number of carbonyl (C=O) groups excluding carboxylic acids is 1. The molecule has 3 nitrogen and oxygen atoms in total. The molecule has 1 aliphatic heterocycles. The Morgan fingerprint density at radius 3 is 2.95 bits per heavy atom. The summed E-state index contributed by atoms with van der Waals surface area (Å²) in [5.41, 5.74) is 1.38. The zero-order valence-electron chi connectivity index (χ0n) is 10.9. The third kappa shape index (κ3) is 2.54. The monoisotopic (exact) mass is 271 g/mol. The van der Waals surface area contributed by atoms with Gasteiger partial charge >= 0.3 is 0 Å². The van der Waals surface area contributed by atoms with Crippen molar-refractivity contribution in [1.29, 1.82) is 0 Å². The Morgan fingerprint density at radius 2 is 2.15 bits per heavy atom. The molecule has 0 radical (unpaired) electrons. The molecule has 0 bridgehead atoms. The van der Waals surface area contributed by atoms with E-state index in [1.807, 2.05) is 24.3 Å². The highest BCUT2D eigenvalue weighted by atomic mass is 19.1. The van der Waals surface area contributed by atoms with Crippen LogP contribution in [-0.2, 0) is 0 Å². The summed E-state index contributed by atoms with van der Waals surface area (Å²) in [6.45, 7) is 0.617. The lowest BCUT2D eigenvalue weighted by atomic mass is 9.88. The van der Waals surface area contributed by atoms with Gasteiger partial charge in [-0.25, -0.2) is 4.39 Å². The molecule has 1 aliphatic rings. The Balaban J connectivity index is 1.79. The summed E-state index contributed by atoms with van der Waals surface area (Å²) >= 11 is 0. The molecular formula is C16H14FNO2. The van der Waals surface area contributed by atoms with E-state index in [0.717, 1.165) is 23.9 Å². The molecule has 1 aromatic carbocycles. The largest absolute Gasteiger partial charge is 0.493 e. The van der Waals surface area contributed by atoms with Gasteiger partial charge in [0, 0.05) is 6.42 Å². The lowest BCUT2D eigenvalue weighted by Crippen LogP contribution is -2.17. The lowest BCUT2D eigenvalue weighted by molar-refractivity contribution is 0.0961. The number of fused-ring (bicyclic) bond motifs is 1. The molecule has 3 rings (SSSR count). The van der Waals surface area contributed by atoms with Gasteiger partial charge in [-0.15, -0.1) is 0 Å². The van der Waals surface area contributed by atoms with E-state index in [4.69, 9.17) is 4.74 Å². The minimum atomic E-state index is -0.432. The van der Waals surface area contributed by atoms with E-state index >= 15 is 0 Å². The minimum Gasteiger partial charge on any atom is -0.493 e. The van der Waals surface area contributed by atoms with Crippen molar-refractivity contribution in [2.45, 2.75) is 18.8 Å². The Morgan fingerprint density at radius 1 is 1.30 bits per heavy atom. The van der Waals surface area contributed by atoms with Crippen molar-refractivity contribution in [3.05, 3.63) is 59.7 Å². The highest BCUT2D eigenvalue weighted by Gasteiger charge is 2.24. The SMILES string of the molecule is O=C(CC1CCOc2ccccc21)c1ccc(F)cn1. The van der Waals surface area contributed by atoms with Crippen LogP contribution in [0.15, 0.2) is 42.6 Å². The summed E-state index contributed by atoms with van der Waals surface area (Å²) < 4.78 is 18.4. The molecule has 2 aromatic rings. The Bertz CT molecular complexity index is 625. The third-order valence-electron chi connectivity index (χ3n) is 3.53. The highest BCUT2D eigenvalue weighted by Crippen LogP contribution is 2.35. The van der Waals surface area contributed by atoms with Crippen LogP contribution < -0.4 is 4.74 Å². The van der Waals surface area contributed by atoms with E-state index < -0.39 is 5.82 Å². The maximum absolute atomic E-state index is 12.8. The maximum atomic E-state index is 12.8. The van der Waals surface area contributed by atoms with E-state index in [9.17, 15) is 9.18 Å². The van der Waals surface area contributed by atoms with Crippen molar-refractivity contribution in [3.8, 4) is 5.75 Å². The number of hydrogen-bond donors (Lipinski definition) is 0. The maximum Gasteiger partial charge on any atom is 0.181 e. The molecule has 1 unspecified atom stereocenters. The molecule has 4 heteroatoms. The van der Waals surface area contributed by atoms with Crippen LogP contribution in [0.2, 0.25) is 0 Å². The fourth-order valence-corrected chi connectivity index (χ4v) is 2.50. The average Bonchev–Trinajstić information content (AvgIpc) is 2.48. The van der Waals surface area contributed by atoms with E-state index in [1.165, 1.54) is 12.1 Å². The summed E-state index contributed by atoms with van der Waals surface area (Å²) in [6.07, 6.45) is 2.26. The van der Waals surface area contributed by atoms with Gasteiger partial charge in [-0.1, -0.05) is 18.2 Å². The first-order valence-corrected chi connectivity index (χ1v) is 6.60. The van der Waals surface area contributed by atoms with Gasteiger partial charge in [0.05, 0.1) is 12.8 Å². The number of aromatic nitrogens is 1. The molecule has 0 spiro atoms. The predicted octanol–water partition coefficient (Wildman–Crippen LogP) is 3.36. The molecular weight excluding hydrogens is 257 g/mol. The molecule has 0 N–H and O–H groups in total. The molecule has 0 amide bonds. The van der Waals surface area contributed by atoms with Crippen LogP contribution in [0, 0.1) is 5.82 Å². The normalized spacial score (nSPS) is 17.1. The van der Waals surface area contributed by atoms with Gasteiger partial charge < -0.3 is 4.74 Å². The second kappa shape index (κ2) is 5.41. The van der Waals surface area contributed by atoms with Crippen LogP contribution in [0.4, 0.5) is 4.39 Å². The van der Waals surface area contributed by atoms with Crippen molar-refractivity contribution in [3.63, 3.8) is 0 Å². The Hall–Kier alpha value is -2.23. The van der Waals surface area contributed by atoms with Crippen LogP contribution in [-0.4, -0.2) is 17.4 Å². The summed E-state index contributed by atoms with van der Waals surface area (Å²) in [6, 6.07) is 10.5. The van der Waals surface area contributed by atoms with E-state index in [0.29, 0.717) is 18.7 Å². The fraction of sp³-hybridized carbons (Fsp3) is 0.250. The number of Topliss-reactive ketones (excluding diaryl/α,β-unsaturated/α-hetero) is 1. The number of benzene rings is 1. The first-order chi connectivity index (χ1) is 9.74. The van der Waals surface area contributed by atoms with Crippen LogP contribution in [0.5, 0.6) is 5.75 Å². The average molecular weight is 271 g/mol. The van der Waals surface area contributed by atoms with Gasteiger partial charge in [0.1, 0.15) is 17.3 Å². The predicted molar refractivity (Wildman–Crippen MR) is 72.4 cm³/mol. The first kappa shape index (κ1) is 12.8. The second-order valence-corrected chi connectivity index (χ2v) is 4.86. The van der Waals surface area contributed by atoms with Gasteiger partial charge in [0.25, 0.3) is 0 Å². The summed E-state index contributed by atoms with van der Waals surface area (Å²) in [5.74, 6) is 0.493. The van der Waals surface area contributed by atoms with E-state index in [2.05, 4.69) is 4.98 Å². The van der Waals surface area contributed by atoms with Crippen molar-refractivity contribution in [2.24, 2.45) is 0 Å². The Kier molecular flexibility index (Phi) is 3.46. The molecule has 1 atom stereocenters. The van der Waals surface area contributed by atoms with Crippen molar-refractivity contribution < 1.29 is 13.9 Å². The fourth-order valence-electron chi connectivity index (χ4n) is 2.50. The quantitative estimate of drug-likeness (QED) is 0.803. The van der Waals surface area contributed by atoms with Crippen molar-refractivity contribution in [1.82, 2.24) is 4.98 Å². The van der Waals surface area contributed by atoms with Gasteiger partial charge in [-0.3, -0.25) is 9.78 Å². The van der Waals surface area contributed by atoms with Gasteiger partial charge in [-0.05, 0) is 36.1 Å². The van der Waals surface area contributed by atoms with Crippen molar-refractivity contribution in [2.75, 3.05) is 6.61 Å². The molecule has 0 saturated heterocycles. The number of hydrogen-bond acceptors (Lipinski definition) is 3. The summed E-state index contributed by atoms with van der Waals surface area (Å²) in [5, 5.41) is 0. The number of ether oxygens (including phenoxy) is 1. The Labute approximate surface area is 116 Å². The van der Waals surface area contributed by atoms with Gasteiger partial charge in [0.15, 0.2) is 5.78 Å². The van der Waals surface area contributed by atoms with Crippen LogP contribution in [0.1, 0.15) is 34.8 Å². The van der Waals surface area contributed by atoms with Crippen LogP contribution >= 0.6 is 0 Å². The zero-order valence-corrected chi connectivity index (χ0v) is 10.9. The molecule has 0 saturated carbocycles. The van der Waals surface area contributed by atoms with E-state index in [-0.39, 0.29) is 11.7 Å². The summed E-state index contributed by atoms with van der Waals surface area (Å²) in [4.78, 5) is 16.1. The number of nitrogens with zero attached hydrogens (tertiary/aromatic N) is 1. The van der Waals surface area contributed by atoms with Crippen molar-refractivity contribution >= 4 is 5.78 Å². The van der Waals surface area contributed by atoms with Crippen LogP contribution in [0.3, 0.4) is 0 Å². The smallest absolute Gasteiger partial charge is 0.181 e. The van der Waals surface area contributed by atoms with Gasteiger partial charge in [0.2, 0.25) is 0 Å². The topological polar surface area (TPSA) is 39.2 Å². The second-order valence-electron chi connectivity index (χ2n) is 4.86. The minimum absolute atomic E-state index is 0.0632. The number of rotatable bonds is 3. The van der Waals surface area contributed by atoms with Crippen LogP contribution in [0.25, 0.3) is 0 Å². The number of pyridine rings is 1. The zero-order chi connectivity index (χ0) is 13.9. The molecule has 2 heterocycles. The molecule has 102 valence electrons. The number of ketones is 1. The van der Waals surface area contributed by atoms with Gasteiger partial charge in [-0.2, -0.15) is 0 Å². The molecule has 20 heavy (non-hydrogen) atoms. The standard InChI is InChI=1S/C16H14FNO2/c17-12-5-6-14(18-10-12)15(19)9-11-7-8-20-16-4-2-1-3-13(11)16/h1-6,10-11H,7-9H2. The number of carbonyl (C=O) groups is 1. The lowest BCUT2D eigenvalue weighted by Gasteiger charge is -2.25. The van der Waals surface area contributed by atoms with E-state index in [1.54, 1.807) is 0 Å². The number of para-hydroxylation sites is 1. The third-order valence-corrected chi connectivity index (χ3v) is 3.53. The first-order valence-electron chi connectivity index (χ1n) is 6.60. The highest BCUT2D eigenvalue weighted by molar-refractivity contribution is 5.94. The number of halogens is 1. The molecule has 1 aromatic heterocycles.